The quantitative estimate of drug-likeness (QED) is 0.665. The van der Waals surface area contributed by atoms with Crippen LogP contribution in [0.25, 0.3) is 0 Å². The highest BCUT2D eigenvalue weighted by Gasteiger charge is 2.40. The van der Waals surface area contributed by atoms with Crippen LogP contribution in [0.4, 0.5) is 0 Å². The van der Waals surface area contributed by atoms with Gasteiger partial charge in [0.25, 0.3) is 0 Å². The summed E-state index contributed by atoms with van der Waals surface area (Å²) in [6.07, 6.45) is 7.71. The van der Waals surface area contributed by atoms with Gasteiger partial charge < -0.3 is 10.1 Å². The standard InChI is InChI=1S/C11H19NO/c1-8(13-2)7-12-11-6-9-4-3-5-10(9)11/h3,5,8-12H,4,6-7H2,1-2H3. The Hall–Kier alpha value is -0.340. The maximum Gasteiger partial charge on any atom is 0.0667 e. The fourth-order valence-corrected chi connectivity index (χ4v) is 2.35. The van der Waals surface area contributed by atoms with Gasteiger partial charge in [0.2, 0.25) is 0 Å². The smallest absolute Gasteiger partial charge is 0.0667 e. The van der Waals surface area contributed by atoms with E-state index in [1.807, 2.05) is 0 Å². The van der Waals surface area contributed by atoms with E-state index < -0.39 is 0 Å². The maximum absolute atomic E-state index is 5.20. The third-order valence-corrected chi connectivity index (χ3v) is 3.43. The zero-order valence-corrected chi connectivity index (χ0v) is 8.49. The van der Waals surface area contributed by atoms with Gasteiger partial charge in [-0.25, -0.2) is 0 Å². The van der Waals surface area contributed by atoms with Crippen LogP contribution in [0.1, 0.15) is 19.8 Å². The SMILES string of the molecule is COC(C)CNC1CC2CC=CC21. The number of nitrogens with one attached hydrogen (secondary N) is 1. The van der Waals surface area contributed by atoms with Crippen LogP contribution in [-0.4, -0.2) is 25.8 Å². The highest BCUT2D eigenvalue weighted by molar-refractivity contribution is 5.12. The Kier molecular flexibility index (Phi) is 2.70. The third-order valence-electron chi connectivity index (χ3n) is 3.43. The number of hydrogen-bond donors (Lipinski definition) is 1. The molecule has 0 aromatic heterocycles. The molecule has 1 N–H and O–H groups in total. The molecular weight excluding hydrogens is 162 g/mol. The van der Waals surface area contributed by atoms with Crippen molar-refractivity contribution in [3.05, 3.63) is 12.2 Å². The highest BCUT2D eigenvalue weighted by Crippen LogP contribution is 2.42. The minimum atomic E-state index is 0.337. The van der Waals surface area contributed by atoms with Crippen LogP contribution in [0, 0.1) is 11.8 Å². The molecule has 0 spiro atoms. The van der Waals surface area contributed by atoms with Crippen molar-refractivity contribution in [1.29, 1.82) is 0 Å². The van der Waals surface area contributed by atoms with Gasteiger partial charge in [-0.3, -0.25) is 0 Å². The van der Waals surface area contributed by atoms with Crippen LogP contribution < -0.4 is 5.32 Å². The summed E-state index contributed by atoms with van der Waals surface area (Å²) < 4.78 is 5.20. The molecule has 2 aliphatic rings. The van der Waals surface area contributed by atoms with Gasteiger partial charge in [0, 0.05) is 19.7 Å². The van der Waals surface area contributed by atoms with Crippen molar-refractivity contribution in [2.45, 2.75) is 31.9 Å². The molecule has 1 fully saturated rings. The Bertz CT molecular complexity index is 202. The van der Waals surface area contributed by atoms with Gasteiger partial charge in [0.1, 0.15) is 0 Å². The summed E-state index contributed by atoms with van der Waals surface area (Å²) in [7, 11) is 1.77. The van der Waals surface area contributed by atoms with Crippen LogP contribution in [-0.2, 0) is 4.74 Å². The molecule has 2 rings (SSSR count). The van der Waals surface area contributed by atoms with Crippen LogP contribution >= 0.6 is 0 Å². The second-order valence-electron chi connectivity index (χ2n) is 4.30. The molecule has 4 atom stereocenters. The van der Waals surface area contributed by atoms with Gasteiger partial charge in [0.05, 0.1) is 6.10 Å². The van der Waals surface area contributed by atoms with Crippen molar-refractivity contribution >= 4 is 0 Å². The summed E-state index contributed by atoms with van der Waals surface area (Å²) in [5.74, 6) is 1.78. The average molecular weight is 181 g/mol. The molecule has 13 heavy (non-hydrogen) atoms. The molecule has 2 aliphatic carbocycles. The molecule has 74 valence electrons. The van der Waals surface area contributed by atoms with Gasteiger partial charge >= 0.3 is 0 Å². The predicted octanol–water partition coefficient (Wildman–Crippen LogP) is 1.58. The van der Waals surface area contributed by atoms with Crippen LogP contribution in [0.5, 0.6) is 0 Å². The molecule has 0 aromatic rings. The minimum Gasteiger partial charge on any atom is -0.380 e. The highest BCUT2D eigenvalue weighted by atomic mass is 16.5. The molecule has 2 nitrogen and oxygen atoms in total. The van der Waals surface area contributed by atoms with Crippen LogP contribution in [0.15, 0.2) is 12.2 Å². The van der Waals surface area contributed by atoms with Crippen molar-refractivity contribution in [1.82, 2.24) is 5.32 Å². The second kappa shape index (κ2) is 3.81. The average Bonchev–Trinajstić information content (AvgIpc) is 2.47. The zero-order valence-electron chi connectivity index (χ0n) is 8.49. The Morgan fingerprint density at radius 3 is 3.15 bits per heavy atom. The zero-order chi connectivity index (χ0) is 9.26. The third kappa shape index (κ3) is 1.79. The van der Waals surface area contributed by atoms with Crippen molar-refractivity contribution in [3.8, 4) is 0 Å². The monoisotopic (exact) mass is 181 g/mol. The van der Waals surface area contributed by atoms with E-state index in [9.17, 15) is 0 Å². The molecule has 0 aliphatic heterocycles. The lowest BCUT2D eigenvalue weighted by Gasteiger charge is -2.41. The van der Waals surface area contributed by atoms with Crippen molar-refractivity contribution in [2.75, 3.05) is 13.7 Å². The number of hydrogen-bond acceptors (Lipinski definition) is 2. The first kappa shape index (κ1) is 9.22. The number of allylic oxidation sites excluding steroid dienone is 1. The maximum atomic E-state index is 5.20. The lowest BCUT2D eigenvalue weighted by atomic mass is 9.71. The Morgan fingerprint density at radius 2 is 2.46 bits per heavy atom. The lowest BCUT2D eigenvalue weighted by Crippen LogP contribution is -2.49. The van der Waals surface area contributed by atoms with Gasteiger partial charge in [-0.1, -0.05) is 12.2 Å². The Labute approximate surface area is 80.4 Å². The van der Waals surface area contributed by atoms with E-state index in [0.29, 0.717) is 6.10 Å². The lowest BCUT2D eigenvalue weighted by molar-refractivity contribution is 0.0934. The van der Waals surface area contributed by atoms with Gasteiger partial charge in [-0.15, -0.1) is 0 Å². The van der Waals surface area contributed by atoms with Crippen molar-refractivity contribution < 1.29 is 4.74 Å². The molecule has 0 bridgehead atoms. The summed E-state index contributed by atoms with van der Waals surface area (Å²) in [5, 5.41) is 3.56. The first-order chi connectivity index (χ1) is 6.31. The van der Waals surface area contributed by atoms with E-state index in [1.54, 1.807) is 7.11 Å². The van der Waals surface area contributed by atoms with Crippen LogP contribution in [0.3, 0.4) is 0 Å². The van der Waals surface area contributed by atoms with E-state index in [0.717, 1.165) is 24.4 Å². The van der Waals surface area contributed by atoms with E-state index in [2.05, 4.69) is 24.4 Å². The number of rotatable bonds is 4. The van der Waals surface area contributed by atoms with Gasteiger partial charge in [0.15, 0.2) is 0 Å². The van der Waals surface area contributed by atoms with Crippen molar-refractivity contribution in [3.63, 3.8) is 0 Å². The first-order valence-electron chi connectivity index (χ1n) is 5.24. The number of methoxy groups -OCH3 is 1. The van der Waals surface area contributed by atoms with E-state index in [1.165, 1.54) is 12.8 Å². The summed E-state index contributed by atoms with van der Waals surface area (Å²) in [6, 6.07) is 0.723. The predicted molar refractivity (Wildman–Crippen MR) is 53.6 cm³/mol. The van der Waals surface area contributed by atoms with E-state index >= 15 is 0 Å². The summed E-state index contributed by atoms with van der Waals surface area (Å²) >= 11 is 0. The molecule has 0 radical (unpaired) electrons. The number of fused-ring (bicyclic) bond motifs is 1. The molecule has 4 unspecified atom stereocenters. The first-order valence-corrected chi connectivity index (χ1v) is 5.24. The number of ether oxygens (including phenoxy) is 1. The molecule has 0 aromatic carbocycles. The van der Waals surface area contributed by atoms with Crippen LogP contribution in [0.2, 0.25) is 0 Å². The molecule has 0 heterocycles. The normalized spacial score (nSPS) is 38.5. The van der Waals surface area contributed by atoms with E-state index in [4.69, 9.17) is 4.74 Å². The largest absolute Gasteiger partial charge is 0.380 e. The molecule has 0 saturated heterocycles. The van der Waals surface area contributed by atoms with Crippen molar-refractivity contribution in [2.24, 2.45) is 11.8 Å². The van der Waals surface area contributed by atoms with E-state index in [-0.39, 0.29) is 0 Å². The summed E-state index contributed by atoms with van der Waals surface area (Å²) in [4.78, 5) is 0. The van der Waals surface area contributed by atoms with Gasteiger partial charge in [-0.05, 0) is 31.6 Å². The second-order valence-corrected chi connectivity index (χ2v) is 4.30. The molecule has 1 saturated carbocycles. The van der Waals surface area contributed by atoms with Gasteiger partial charge in [-0.2, -0.15) is 0 Å². The fraction of sp³-hybridized carbons (Fsp3) is 0.818. The minimum absolute atomic E-state index is 0.337. The Balaban J connectivity index is 1.69. The Morgan fingerprint density at radius 1 is 1.62 bits per heavy atom. The molecular formula is C11H19NO. The fourth-order valence-electron chi connectivity index (χ4n) is 2.35. The molecule has 0 amide bonds. The summed E-state index contributed by atoms with van der Waals surface area (Å²) in [6.45, 7) is 3.09. The topological polar surface area (TPSA) is 21.3 Å². The molecule has 2 heteroatoms. The summed E-state index contributed by atoms with van der Waals surface area (Å²) in [5.41, 5.74) is 0.